The monoisotopic (exact) mass is 482 g/mol. The van der Waals surface area contributed by atoms with Gasteiger partial charge in [0.05, 0.1) is 43.9 Å². The highest BCUT2D eigenvalue weighted by Gasteiger charge is 2.31. The van der Waals surface area contributed by atoms with Crippen molar-refractivity contribution in [1.82, 2.24) is 4.31 Å². The van der Waals surface area contributed by atoms with Gasteiger partial charge in [0.15, 0.2) is 6.54 Å². The molecule has 29 heavy (non-hydrogen) atoms. The Morgan fingerprint density at radius 2 is 1.83 bits per heavy atom. The normalized spacial score (nSPS) is 15.8. The number of piperazine rings is 1. The second-order valence-electron chi connectivity index (χ2n) is 7.04. The van der Waals surface area contributed by atoms with Gasteiger partial charge in [-0.3, -0.25) is 4.79 Å². The molecule has 2 N–H and O–H groups in total. The molecule has 0 aliphatic carbocycles. The number of carbonyl (C=O) groups is 1. The summed E-state index contributed by atoms with van der Waals surface area (Å²) in [6.45, 7) is 4.15. The summed E-state index contributed by atoms with van der Waals surface area (Å²) in [7, 11) is -1.94. The first-order chi connectivity index (χ1) is 13.8. The van der Waals surface area contributed by atoms with Gasteiger partial charge in [-0.15, -0.1) is 0 Å². The van der Waals surface area contributed by atoms with Crippen molar-refractivity contribution < 1.29 is 22.8 Å². The number of ether oxygens (including phenoxy) is 1. The second kappa shape index (κ2) is 9.25. The molecule has 0 spiro atoms. The number of hydrogen-bond donors (Lipinski definition) is 2. The summed E-state index contributed by atoms with van der Waals surface area (Å²) < 4.78 is 33.2. The third-order valence-corrected chi connectivity index (χ3v) is 7.36. The number of anilines is 1. The van der Waals surface area contributed by atoms with Crippen molar-refractivity contribution in [1.29, 1.82) is 0 Å². The molecule has 1 amide bonds. The summed E-state index contributed by atoms with van der Waals surface area (Å²) >= 11 is 3.32. The molecule has 0 atom stereocenters. The molecule has 2 aromatic carbocycles. The summed E-state index contributed by atoms with van der Waals surface area (Å²) in [4.78, 5) is 13.8. The summed E-state index contributed by atoms with van der Waals surface area (Å²) in [5.74, 6) is 0.498. The highest BCUT2D eigenvalue weighted by atomic mass is 79.9. The fraction of sp³-hybridized carbons (Fsp3) is 0.350. The lowest BCUT2D eigenvalue weighted by atomic mass is 10.2. The van der Waals surface area contributed by atoms with E-state index in [1.54, 1.807) is 31.4 Å². The Balaban J connectivity index is 1.56. The van der Waals surface area contributed by atoms with Crippen molar-refractivity contribution in [3.8, 4) is 5.75 Å². The molecule has 1 saturated heterocycles. The number of hydrogen-bond acceptors (Lipinski definition) is 4. The lowest BCUT2D eigenvalue weighted by Crippen LogP contribution is -3.15. The van der Waals surface area contributed by atoms with Crippen molar-refractivity contribution in [2.45, 2.75) is 11.8 Å². The number of sulfonamides is 1. The van der Waals surface area contributed by atoms with E-state index in [2.05, 4.69) is 21.2 Å². The van der Waals surface area contributed by atoms with Crippen molar-refractivity contribution in [3.05, 3.63) is 52.5 Å². The van der Waals surface area contributed by atoms with Gasteiger partial charge in [-0.1, -0.05) is 22.0 Å². The summed E-state index contributed by atoms with van der Waals surface area (Å²) in [6.07, 6.45) is 0. The van der Waals surface area contributed by atoms with E-state index in [0.717, 1.165) is 14.9 Å². The molecule has 3 rings (SSSR count). The average Bonchev–Trinajstić information content (AvgIpc) is 2.69. The van der Waals surface area contributed by atoms with E-state index in [1.165, 1.54) is 4.31 Å². The molecule has 0 bridgehead atoms. The number of nitrogens with zero attached hydrogens (tertiary/aromatic N) is 1. The Kier molecular flexibility index (Phi) is 6.94. The van der Waals surface area contributed by atoms with Crippen molar-refractivity contribution in [3.63, 3.8) is 0 Å². The van der Waals surface area contributed by atoms with Gasteiger partial charge in [0, 0.05) is 4.47 Å². The molecular weight excluding hydrogens is 458 g/mol. The molecule has 0 aromatic heterocycles. The van der Waals surface area contributed by atoms with Crippen LogP contribution in [0.4, 0.5) is 5.69 Å². The highest BCUT2D eigenvalue weighted by Crippen LogP contribution is 2.25. The number of amides is 1. The van der Waals surface area contributed by atoms with E-state index in [9.17, 15) is 13.2 Å². The predicted octanol–water partition coefficient (Wildman–Crippen LogP) is 1.29. The van der Waals surface area contributed by atoms with Gasteiger partial charge < -0.3 is 15.0 Å². The first kappa shape index (κ1) is 21.8. The second-order valence-corrected chi connectivity index (χ2v) is 9.89. The fourth-order valence-corrected chi connectivity index (χ4v) is 5.02. The molecule has 2 aromatic rings. The zero-order valence-electron chi connectivity index (χ0n) is 16.4. The van der Waals surface area contributed by atoms with E-state index in [1.807, 2.05) is 25.1 Å². The first-order valence-corrected chi connectivity index (χ1v) is 11.6. The number of methoxy groups -OCH3 is 1. The zero-order chi connectivity index (χ0) is 21.0. The number of aryl methyl sites for hydroxylation is 1. The van der Waals surface area contributed by atoms with Gasteiger partial charge in [-0.2, -0.15) is 4.31 Å². The van der Waals surface area contributed by atoms with Crippen LogP contribution in [0.3, 0.4) is 0 Å². The van der Waals surface area contributed by atoms with Gasteiger partial charge >= 0.3 is 0 Å². The van der Waals surface area contributed by atoms with Gasteiger partial charge in [0.2, 0.25) is 10.0 Å². The molecule has 7 nitrogen and oxygen atoms in total. The molecule has 1 heterocycles. The standard InChI is InChI=1S/C20H24BrN3O4S/c1-15-3-8-19(28-2)18(13-15)22-20(25)14-23-9-11-24(12-10-23)29(26,27)17-6-4-16(21)5-7-17/h3-8,13H,9-12,14H2,1-2H3,(H,22,25)/p+1. The van der Waals surface area contributed by atoms with Crippen LogP contribution in [0.15, 0.2) is 51.8 Å². The van der Waals surface area contributed by atoms with E-state index in [4.69, 9.17) is 4.74 Å². The smallest absolute Gasteiger partial charge is 0.279 e. The molecule has 0 saturated carbocycles. The van der Waals surface area contributed by atoms with Crippen molar-refractivity contribution >= 4 is 37.5 Å². The maximum absolute atomic E-state index is 12.8. The Labute approximate surface area is 179 Å². The highest BCUT2D eigenvalue weighted by molar-refractivity contribution is 9.10. The number of nitrogens with one attached hydrogen (secondary N) is 2. The van der Waals surface area contributed by atoms with Crippen LogP contribution in [-0.4, -0.2) is 58.5 Å². The minimum absolute atomic E-state index is 0.117. The van der Waals surface area contributed by atoms with E-state index in [-0.39, 0.29) is 17.3 Å². The first-order valence-electron chi connectivity index (χ1n) is 9.33. The molecule has 156 valence electrons. The van der Waals surface area contributed by atoms with Gasteiger partial charge in [0.25, 0.3) is 5.91 Å². The van der Waals surface area contributed by atoms with Crippen LogP contribution in [0.5, 0.6) is 5.75 Å². The molecule has 1 aliphatic heterocycles. The largest absolute Gasteiger partial charge is 0.495 e. The van der Waals surface area contributed by atoms with Gasteiger partial charge in [-0.25, -0.2) is 8.42 Å². The summed E-state index contributed by atoms with van der Waals surface area (Å²) in [6, 6.07) is 12.3. The number of halogens is 1. The lowest BCUT2D eigenvalue weighted by molar-refractivity contribution is -0.895. The Morgan fingerprint density at radius 3 is 2.45 bits per heavy atom. The third kappa shape index (κ3) is 5.36. The van der Waals surface area contributed by atoms with Crippen molar-refractivity contribution in [2.24, 2.45) is 0 Å². The van der Waals surface area contributed by atoms with E-state index < -0.39 is 10.0 Å². The molecular formula is C20H25BrN3O4S+. The maximum Gasteiger partial charge on any atom is 0.279 e. The van der Waals surface area contributed by atoms with E-state index in [0.29, 0.717) is 37.6 Å². The van der Waals surface area contributed by atoms with E-state index >= 15 is 0 Å². The van der Waals surface area contributed by atoms with Crippen LogP contribution in [0.2, 0.25) is 0 Å². The zero-order valence-corrected chi connectivity index (χ0v) is 18.8. The molecule has 1 fully saturated rings. The van der Waals surface area contributed by atoms with Crippen molar-refractivity contribution in [2.75, 3.05) is 45.2 Å². The minimum atomic E-state index is -3.51. The topological polar surface area (TPSA) is 80.2 Å². The van der Waals surface area contributed by atoms with Crippen LogP contribution in [0, 0.1) is 6.92 Å². The molecule has 9 heteroatoms. The van der Waals surface area contributed by atoms with Crippen LogP contribution < -0.4 is 15.0 Å². The Morgan fingerprint density at radius 1 is 1.17 bits per heavy atom. The quantitative estimate of drug-likeness (QED) is 0.649. The maximum atomic E-state index is 12.8. The SMILES string of the molecule is COc1ccc(C)cc1NC(=O)C[NH+]1CCN(S(=O)(=O)c2ccc(Br)cc2)CC1. The van der Waals surface area contributed by atoms with Crippen LogP contribution in [0.25, 0.3) is 0 Å². The van der Waals surface area contributed by atoms with Crippen LogP contribution in [0.1, 0.15) is 5.56 Å². The van der Waals surface area contributed by atoms with Gasteiger partial charge in [-0.05, 0) is 48.9 Å². The predicted molar refractivity (Wildman–Crippen MR) is 115 cm³/mol. The Bertz CT molecular complexity index is 972. The molecule has 0 radical (unpaired) electrons. The van der Waals surface area contributed by atoms with Crippen LogP contribution in [-0.2, 0) is 14.8 Å². The summed E-state index contributed by atoms with van der Waals surface area (Å²) in [5.41, 5.74) is 1.67. The third-order valence-electron chi connectivity index (χ3n) is 4.92. The number of benzene rings is 2. The lowest BCUT2D eigenvalue weighted by Gasteiger charge is -2.31. The number of quaternary nitrogens is 1. The Hall–Kier alpha value is -1.94. The molecule has 0 unspecified atom stereocenters. The fourth-order valence-electron chi connectivity index (χ4n) is 3.32. The average molecular weight is 483 g/mol. The van der Waals surface area contributed by atoms with Crippen LogP contribution >= 0.6 is 15.9 Å². The number of rotatable bonds is 6. The molecule has 1 aliphatic rings. The van der Waals surface area contributed by atoms with Gasteiger partial charge in [0.1, 0.15) is 5.75 Å². The minimum Gasteiger partial charge on any atom is -0.495 e. The summed E-state index contributed by atoms with van der Waals surface area (Å²) in [5, 5.41) is 2.90. The number of carbonyl (C=O) groups excluding carboxylic acids is 1.